The normalized spacial score (nSPS) is 12.6. The molecule has 0 atom stereocenters. The Hall–Kier alpha value is -0.980. The first-order valence-corrected chi connectivity index (χ1v) is 7.94. The van der Waals surface area contributed by atoms with Crippen LogP contribution in [0.3, 0.4) is 0 Å². The molecule has 0 aromatic heterocycles. The standard InChI is InChI=1S/C19H32O/c1-8-9-10-14-20-17-15(18(2,3)4)12-11-13-16(17)19(5,6)7/h11-13H,8-10,14H2,1-7H3. The lowest BCUT2D eigenvalue weighted by molar-refractivity contribution is 0.290. The van der Waals surface area contributed by atoms with Gasteiger partial charge in [0.05, 0.1) is 6.61 Å². The van der Waals surface area contributed by atoms with Crippen molar-refractivity contribution in [3.8, 4) is 5.75 Å². The molecule has 1 heteroatoms. The average molecular weight is 276 g/mol. The van der Waals surface area contributed by atoms with Gasteiger partial charge >= 0.3 is 0 Å². The van der Waals surface area contributed by atoms with Crippen LogP contribution >= 0.6 is 0 Å². The summed E-state index contributed by atoms with van der Waals surface area (Å²) >= 11 is 0. The summed E-state index contributed by atoms with van der Waals surface area (Å²) in [5, 5.41) is 0. The van der Waals surface area contributed by atoms with E-state index in [9.17, 15) is 0 Å². The average Bonchev–Trinajstić information content (AvgIpc) is 2.32. The van der Waals surface area contributed by atoms with E-state index in [1.54, 1.807) is 0 Å². The van der Waals surface area contributed by atoms with Crippen LogP contribution < -0.4 is 4.74 Å². The number of ether oxygens (including phenoxy) is 1. The highest BCUT2D eigenvalue weighted by atomic mass is 16.5. The van der Waals surface area contributed by atoms with Crippen LogP contribution in [-0.4, -0.2) is 6.61 Å². The van der Waals surface area contributed by atoms with Crippen molar-refractivity contribution in [2.24, 2.45) is 0 Å². The lowest BCUT2D eigenvalue weighted by Gasteiger charge is -2.29. The smallest absolute Gasteiger partial charge is 0.126 e. The van der Waals surface area contributed by atoms with Crippen molar-refractivity contribution in [3.63, 3.8) is 0 Å². The van der Waals surface area contributed by atoms with Gasteiger partial charge < -0.3 is 4.74 Å². The number of hydrogen-bond donors (Lipinski definition) is 0. The quantitative estimate of drug-likeness (QED) is 0.613. The van der Waals surface area contributed by atoms with Crippen LogP contribution in [0.15, 0.2) is 18.2 Å². The molecular formula is C19H32O. The van der Waals surface area contributed by atoms with Gasteiger partial charge in [0.25, 0.3) is 0 Å². The van der Waals surface area contributed by atoms with Crippen molar-refractivity contribution in [3.05, 3.63) is 29.3 Å². The molecular weight excluding hydrogens is 244 g/mol. The summed E-state index contributed by atoms with van der Waals surface area (Å²) in [5.74, 6) is 1.11. The number of unbranched alkanes of at least 4 members (excludes halogenated alkanes) is 2. The van der Waals surface area contributed by atoms with Gasteiger partial charge in [-0.15, -0.1) is 0 Å². The van der Waals surface area contributed by atoms with Crippen molar-refractivity contribution in [1.82, 2.24) is 0 Å². The Balaban J connectivity index is 3.13. The zero-order valence-corrected chi connectivity index (χ0v) is 14.5. The molecule has 0 unspecified atom stereocenters. The van der Waals surface area contributed by atoms with Crippen molar-refractivity contribution in [1.29, 1.82) is 0 Å². The van der Waals surface area contributed by atoms with E-state index >= 15 is 0 Å². The van der Waals surface area contributed by atoms with Crippen LogP contribution in [0, 0.1) is 0 Å². The monoisotopic (exact) mass is 276 g/mol. The van der Waals surface area contributed by atoms with Gasteiger partial charge in [-0.2, -0.15) is 0 Å². The zero-order chi connectivity index (χ0) is 15.4. The summed E-state index contributed by atoms with van der Waals surface area (Å²) in [5.41, 5.74) is 2.87. The van der Waals surface area contributed by atoms with Crippen molar-refractivity contribution < 1.29 is 4.74 Å². The summed E-state index contributed by atoms with van der Waals surface area (Å²) in [6.45, 7) is 16.6. The molecule has 114 valence electrons. The Kier molecular flexibility index (Phi) is 5.68. The number of hydrogen-bond acceptors (Lipinski definition) is 1. The fraction of sp³-hybridized carbons (Fsp3) is 0.684. The third-order valence-electron chi connectivity index (χ3n) is 3.63. The number of para-hydroxylation sites is 1. The van der Waals surface area contributed by atoms with Gasteiger partial charge in [-0.25, -0.2) is 0 Å². The molecule has 20 heavy (non-hydrogen) atoms. The second-order valence-corrected chi connectivity index (χ2v) is 7.74. The van der Waals surface area contributed by atoms with E-state index < -0.39 is 0 Å². The van der Waals surface area contributed by atoms with E-state index in [-0.39, 0.29) is 10.8 Å². The minimum Gasteiger partial charge on any atom is -0.493 e. The van der Waals surface area contributed by atoms with Gasteiger partial charge in [-0.05, 0) is 28.4 Å². The minimum absolute atomic E-state index is 0.112. The molecule has 0 aliphatic carbocycles. The molecule has 1 aromatic carbocycles. The molecule has 0 aliphatic rings. The maximum absolute atomic E-state index is 6.22. The fourth-order valence-electron chi connectivity index (χ4n) is 2.40. The van der Waals surface area contributed by atoms with Gasteiger partial charge in [0.1, 0.15) is 5.75 Å². The topological polar surface area (TPSA) is 9.23 Å². The predicted octanol–water partition coefficient (Wildman–Crippen LogP) is 5.85. The molecule has 0 fully saturated rings. The Morgan fingerprint density at radius 2 is 1.35 bits per heavy atom. The van der Waals surface area contributed by atoms with E-state index in [1.165, 1.54) is 24.0 Å². The van der Waals surface area contributed by atoms with E-state index in [0.29, 0.717) is 0 Å². The van der Waals surface area contributed by atoms with Gasteiger partial charge in [-0.3, -0.25) is 0 Å². The summed E-state index contributed by atoms with van der Waals surface area (Å²) < 4.78 is 6.22. The molecule has 0 aliphatic heterocycles. The molecule has 1 nitrogen and oxygen atoms in total. The van der Waals surface area contributed by atoms with Crippen LogP contribution in [-0.2, 0) is 10.8 Å². The largest absolute Gasteiger partial charge is 0.493 e. The first kappa shape index (κ1) is 17.1. The fourth-order valence-corrected chi connectivity index (χ4v) is 2.40. The molecule has 0 bridgehead atoms. The molecule has 1 aromatic rings. The molecule has 0 saturated heterocycles. The second-order valence-electron chi connectivity index (χ2n) is 7.74. The van der Waals surface area contributed by atoms with E-state index in [4.69, 9.17) is 4.74 Å². The maximum atomic E-state index is 6.22. The summed E-state index contributed by atoms with van der Waals surface area (Å²) in [6, 6.07) is 6.59. The lowest BCUT2D eigenvalue weighted by Crippen LogP contribution is -2.19. The molecule has 0 N–H and O–H groups in total. The van der Waals surface area contributed by atoms with E-state index in [2.05, 4.69) is 66.7 Å². The van der Waals surface area contributed by atoms with Crippen LogP contribution in [0.25, 0.3) is 0 Å². The molecule has 0 heterocycles. The molecule has 0 saturated carbocycles. The Morgan fingerprint density at radius 1 is 0.850 bits per heavy atom. The van der Waals surface area contributed by atoms with Gasteiger partial charge in [0, 0.05) is 0 Å². The third kappa shape index (κ3) is 4.54. The van der Waals surface area contributed by atoms with Gasteiger partial charge in [0.15, 0.2) is 0 Å². The van der Waals surface area contributed by atoms with Crippen molar-refractivity contribution in [2.45, 2.75) is 78.6 Å². The Labute approximate surface area is 125 Å². The van der Waals surface area contributed by atoms with Gasteiger partial charge in [0.2, 0.25) is 0 Å². The Morgan fingerprint density at radius 3 is 1.75 bits per heavy atom. The molecule has 0 amide bonds. The number of rotatable bonds is 5. The first-order chi connectivity index (χ1) is 9.18. The highest BCUT2D eigenvalue weighted by molar-refractivity contribution is 5.48. The van der Waals surface area contributed by atoms with Crippen LogP contribution in [0.5, 0.6) is 5.75 Å². The first-order valence-electron chi connectivity index (χ1n) is 7.94. The third-order valence-corrected chi connectivity index (χ3v) is 3.63. The van der Waals surface area contributed by atoms with Crippen LogP contribution in [0.4, 0.5) is 0 Å². The van der Waals surface area contributed by atoms with Crippen LogP contribution in [0.1, 0.15) is 78.9 Å². The minimum atomic E-state index is 0.112. The summed E-state index contributed by atoms with van der Waals surface area (Å²) in [6.07, 6.45) is 3.61. The molecule has 0 radical (unpaired) electrons. The van der Waals surface area contributed by atoms with E-state index in [0.717, 1.165) is 18.8 Å². The zero-order valence-electron chi connectivity index (χ0n) is 14.5. The highest BCUT2D eigenvalue weighted by Crippen LogP contribution is 2.39. The SMILES string of the molecule is CCCCCOc1c(C(C)(C)C)cccc1C(C)(C)C. The second kappa shape index (κ2) is 6.65. The van der Waals surface area contributed by atoms with Crippen molar-refractivity contribution >= 4 is 0 Å². The summed E-state index contributed by atoms with van der Waals surface area (Å²) in [4.78, 5) is 0. The van der Waals surface area contributed by atoms with Crippen molar-refractivity contribution in [2.75, 3.05) is 6.61 Å². The maximum Gasteiger partial charge on any atom is 0.126 e. The van der Waals surface area contributed by atoms with Gasteiger partial charge in [-0.1, -0.05) is 79.5 Å². The highest BCUT2D eigenvalue weighted by Gasteiger charge is 2.26. The Bertz CT molecular complexity index is 386. The predicted molar refractivity (Wildman–Crippen MR) is 88.9 cm³/mol. The lowest BCUT2D eigenvalue weighted by atomic mass is 9.79. The number of benzene rings is 1. The molecule has 0 spiro atoms. The van der Waals surface area contributed by atoms with Crippen LogP contribution in [0.2, 0.25) is 0 Å². The summed E-state index contributed by atoms with van der Waals surface area (Å²) in [7, 11) is 0. The molecule has 1 rings (SSSR count). The van der Waals surface area contributed by atoms with E-state index in [1.807, 2.05) is 0 Å².